The van der Waals surface area contributed by atoms with Crippen molar-refractivity contribution in [2.24, 2.45) is 4.99 Å². The molecular formula is C14H22F3IN4O2S. The Labute approximate surface area is 165 Å². The summed E-state index contributed by atoms with van der Waals surface area (Å²) in [7, 11) is 1.59. The molecule has 1 aliphatic heterocycles. The van der Waals surface area contributed by atoms with Gasteiger partial charge in [-0.15, -0.1) is 35.3 Å². The Bertz CT molecular complexity index is 550. The van der Waals surface area contributed by atoms with E-state index in [0.29, 0.717) is 24.2 Å². The first-order valence-corrected chi connectivity index (χ1v) is 8.44. The molecule has 6 nitrogen and oxygen atoms in total. The molecule has 0 aliphatic carbocycles. The fourth-order valence-corrected chi connectivity index (χ4v) is 2.82. The molecule has 2 rings (SSSR count). The molecule has 0 radical (unpaired) electrons. The van der Waals surface area contributed by atoms with Gasteiger partial charge in [0.1, 0.15) is 5.01 Å². The highest BCUT2D eigenvalue weighted by Gasteiger charge is 2.33. The number of nitrogens with one attached hydrogen (secondary N) is 2. The highest BCUT2D eigenvalue weighted by atomic mass is 127. The van der Waals surface area contributed by atoms with Gasteiger partial charge >= 0.3 is 6.18 Å². The van der Waals surface area contributed by atoms with Crippen LogP contribution in [0.5, 0.6) is 0 Å². The lowest BCUT2D eigenvalue weighted by molar-refractivity contribution is -0.140. The standard InChI is InChI=1S/C14H21F3N4O2S.HI/c1-9(6-23-10-3-4-22-7-10)20-13(18-2)19-5-12-21-11(8-24-12)14(15,16)17;/h8-10H,3-7H2,1-2H3,(H2,18,19,20);1H. The summed E-state index contributed by atoms with van der Waals surface area (Å²) in [5.41, 5.74) is -0.868. The van der Waals surface area contributed by atoms with Gasteiger partial charge in [0, 0.05) is 25.1 Å². The van der Waals surface area contributed by atoms with Crippen molar-refractivity contribution in [1.29, 1.82) is 0 Å². The zero-order valence-electron chi connectivity index (χ0n) is 13.9. The first-order chi connectivity index (χ1) is 11.4. The highest BCUT2D eigenvalue weighted by Crippen LogP contribution is 2.29. The van der Waals surface area contributed by atoms with E-state index in [1.165, 1.54) is 0 Å². The van der Waals surface area contributed by atoms with E-state index in [2.05, 4.69) is 20.6 Å². The first-order valence-electron chi connectivity index (χ1n) is 7.56. The number of thiazole rings is 1. The Kier molecular flexibility index (Phi) is 9.38. The van der Waals surface area contributed by atoms with Gasteiger partial charge in [-0.05, 0) is 13.3 Å². The molecule has 0 saturated carbocycles. The second kappa shape index (κ2) is 10.5. The maximum absolute atomic E-state index is 12.5. The number of alkyl halides is 3. The molecule has 0 amide bonds. The van der Waals surface area contributed by atoms with E-state index < -0.39 is 11.9 Å². The summed E-state index contributed by atoms with van der Waals surface area (Å²) in [6.45, 7) is 3.94. The molecule has 11 heteroatoms. The van der Waals surface area contributed by atoms with Gasteiger partial charge in [0.05, 0.1) is 25.9 Å². The Hall–Kier alpha value is -0.660. The van der Waals surface area contributed by atoms with Crippen molar-refractivity contribution >= 4 is 41.3 Å². The minimum absolute atomic E-state index is 0. The Morgan fingerprint density at radius 2 is 2.32 bits per heavy atom. The first kappa shape index (κ1) is 22.4. The molecule has 2 heterocycles. The molecule has 1 saturated heterocycles. The second-order valence-electron chi connectivity index (χ2n) is 5.41. The van der Waals surface area contributed by atoms with Gasteiger partial charge < -0.3 is 20.1 Å². The maximum Gasteiger partial charge on any atom is 0.434 e. The largest absolute Gasteiger partial charge is 0.434 e. The molecule has 1 aliphatic rings. The van der Waals surface area contributed by atoms with Gasteiger partial charge in [0.15, 0.2) is 11.7 Å². The third kappa shape index (κ3) is 7.62. The molecule has 144 valence electrons. The van der Waals surface area contributed by atoms with E-state index >= 15 is 0 Å². The Morgan fingerprint density at radius 3 is 2.88 bits per heavy atom. The molecular weight excluding hydrogens is 472 g/mol. The predicted molar refractivity (Wildman–Crippen MR) is 101 cm³/mol. The van der Waals surface area contributed by atoms with E-state index in [9.17, 15) is 13.2 Å². The Morgan fingerprint density at radius 1 is 1.56 bits per heavy atom. The fourth-order valence-electron chi connectivity index (χ4n) is 2.08. The zero-order chi connectivity index (χ0) is 17.6. The molecule has 2 N–H and O–H groups in total. The van der Waals surface area contributed by atoms with Gasteiger partial charge in [-0.2, -0.15) is 13.2 Å². The molecule has 1 aromatic rings. The Balaban J connectivity index is 0.00000312. The average Bonchev–Trinajstić information content (AvgIpc) is 3.19. The van der Waals surface area contributed by atoms with Gasteiger partial charge in [0.2, 0.25) is 0 Å². The van der Waals surface area contributed by atoms with Crippen molar-refractivity contribution in [3.8, 4) is 0 Å². The third-order valence-corrected chi connectivity index (χ3v) is 4.17. The summed E-state index contributed by atoms with van der Waals surface area (Å²) in [6.07, 6.45) is -3.39. The number of nitrogens with zero attached hydrogens (tertiary/aromatic N) is 2. The van der Waals surface area contributed by atoms with E-state index in [1.807, 2.05) is 6.92 Å². The minimum atomic E-state index is -4.41. The molecule has 0 bridgehead atoms. The van der Waals surface area contributed by atoms with Crippen LogP contribution in [0.2, 0.25) is 0 Å². The van der Waals surface area contributed by atoms with Crippen molar-refractivity contribution < 1.29 is 22.6 Å². The summed E-state index contributed by atoms with van der Waals surface area (Å²) >= 11 is 0.960. The van der Waals surface area contributed by atoms with Crippen molar-refractivity contribution in [2.75, 3.05) is 26.9 Å². The van der Waals surface area contributed by atoms with Crippen LogP contribution in [0.4, 0.5) is 13.2 Å². The quantitative estimate of drug-likeness (QED) is 0.362. The maximum atomic E-state index is 12.5. The number of hydrogen-bond acceptors (Lipinski definition) is 5. The lowest BCUT2D eigenvalue weighted by atomic mass is 10.3. The van der Waals surface area contributed by atoms with E-state index in [0.717, 1.165) is 29.7 Å². The lowest BCUT2D eigenvalue weighted by Crippen LogP contribution is -2.44. The monoisotopic (exact) mass is 494 g/mol. The summed E-state index contributed by atoms with van der Waals surface area (Å²) in [5.74, 6) is 0.484. The van der Waals surface area contributed by atoms with Crippen molar-refractivity contribution in [3.63, 3.8) is 0 Å². The number of halogens is 4. The fraction of sp³-hybridized carbons (Fsp3) is 0.714. The van der Waals surface area contributed by atoms with Crippen LogP contribution in [0.25, 0.3) is 0 Å². The van der Waals surface area contributed by atoms with Crippen molar-refractivity contribution in [2.45, 2.75) is 38.2 Å². The number of aliphatic imine (C=N–C) groups is 1. The van der Waals surface area contributed by atoms with Gasteiger partial charge in [-0.25, -0.2) is 4.98 Å². The number of ether oxygens (including phenoxy) is 2. The number of rotatable bonds is 6. The van der Waals surface area contributed by atoms with Gasteiger partial charge in [-0.3, -0.25) is 4.99 Å². The summed E-state index contributed by atoms with van der Waals surface area (Å²) in [4.78, 5) is 7.61. The van der Waals surface area contributed by atoms with Crippen LogP contribution >= 0.6 is 35.3 Å². The zero-order valence-corrected chi connectivity index (χ0v) is 17.1. The number of aromatic nitrogens is 1. The van der Waals surface area contributed by atoms with Crippen LogP contribution in [0.3, 0.4) is 0 Å². The SMILES string of the molecule is CN=C(NCc1nc(C(F)(F)F)cs1)NC(C)COC1CCOC1.I. The molecule has 2 unspecified atom stereocenters. The average molecular weight is 494 g/mol. The second-order valence-corrected chi connectivity index (χ2v) is 6.36. The van der Waals surface area contributed by atoms with Crippen molar-refractivity contribution in [3.05, 3.63) is 16.1 Å². The van der Waals surface area contributed by atoms with Crippen LogP contribution < -0.4 is 10.6 Å². The van der Waals surface area contributed by atoms with Crippen LogP contribution in [0, 0.1) is 0 Å². The topological polar surface area (TPSA) is 67.8 Å². The molecule has 25 heavy (non-hydrogen) atoms. The van der Waals surface area contributed by atoms with Gasteiger partial charge in [-0.1, -0.05) is 0 Å². The highest BCUT2D eigenvalue weighted by molar-refractivity contribution is 14.0. The molecule has 0 aromatic carbocycles. The van der Waals surface area contributed by atoms with Crippen LogP contribution in [-0.2, 0) is 22.2 Å². The van der Waals surface area contributed by atoms with Crippen molar-refractivity contribution in [1.82, 2.24) is 15.6 Å². The smallest absolute Gasteiger partial charge is 0.379 e. The van der Waals surface area contributed by atoms with Gasteiger partial charge in [0.25, 0.3) is 0 Å². The minimum Gasteiger partial charge on any atom is -0.379 e. The molecule has 1 fully saturated rings. The van der Waals surface area contributed by atoms with Crippen LogP contribution in [-0.4, -0.2) is 50.0 Å². The van der Waals surface area contributed by atoms with E-state index in [4.69, 9.17) is 9.47 Å². The molecule has 0 spiro atoms. The summed E-state index contributed by atoms with van der Waals surface area (Å²) in [6, 6.07) is -0.00108. The van der Waals surface area contributed by atoms with E-state index in [1.54, 1.807) is 7.05 Å². The third-order valence-electron chi connectivity index (χ3n) is 3.33. The normalized spacial score (nSPS) is 19.4. The molecule has 2 atom stereocenters. The van der Waals surface area contributed by atoms with Crippen LogP contribution in [0.15, 0.2) is 10.4 Å². The summed E-state index contributed by atoms with van der Waals surface area (Å²) in [5, 5.41) is 7.43. The van der Waals surface area contributed by atoms with Crippen LogP contribution in [0.1, 0.15) is 24.0 Å². The molecule has 1 aromatic heterocycles. The number of guanidine groups is 1. The summed E-state index contributed by atoms with van der Waals surface area (Å²) < 4.78 is 48.5. The van der Waals surface area contributed by atoms with E-state index in [-0.39, 0.29) is 42.7 Å². The lowest BCUT2D eigenvalue weighted by Gasteiger charge is -2.19. The number of hydrogen-bond donors (Lipinski definition) is 2. The predicted octanol–water partition coefficient (Wildman–Crippen LogP) is 2.64.